The van der Waals surface area contributed by atoms with Gasteiger partial charge in [-0.1, -0.05) is 20.3 Å². The lowest BCUT2D eigenvalue weighted by atomic mass is 10.1. The maximum atomic E-state index is 10.1. The normalized spacial score (nSPS) is 18.8. The number of ether oxygens (including phenoxy) is 2. The zero-order chi connectivity index (χ0) is 14.0. The zero-order valence-electron chi connectivity index (χ0n) is 12.6. The van der Waals surface area contributed by atoms with Crippen molar-refractivity contribution in [2.75, 3.05) is 13.2 Å². The van der Waals surface area contributed by atoms with Crippen molar-refractivity contribution in [3.05, 3.63) is 11.8 Å². The van der Waals surface area contributed by atoms with Crippen molar-refractivity contribution >= 4 is 0 Å². The third-order valence-corrected chi connectivity index (χ3v) is 3.64. The summed E-state index contributed by atoms with van der Waals surface area (Å²) in [4.78, 5) is 0. The monoisotopic (exact) mass is 270 g/mol. The Bertz CT molecular complexity index is 263. The van der Waals surface area contributed by atoms with Gasteiger partial charge in [-0.05, 0) is 44.6 Å². The molecule has 0 amide bonds. The maximum Gasteiger partial charge on any atom is 0.165 e. The van der Waals surface area contributed by atoms with Gasteiger partial charge in [0, 0.05) is 12.8 Å². The Balaban J connectivity index is 2.02. The molecule has 0 saturated heterocycles. The summed E-state index contributed by atoms with van der Waals surface area (Å²) < 4.78 is 11.3. The molecule has 1 atom stereocenters. The van der Waals surface area contributed by atoms with Crippen LogP contribution in [-0.2, 0) is 9.47 Å². The van der Waals surface area contributed by atoms with Crippen molar-refractivity contribution in [2.24, 2.45) is 0 Å². The molecule has 0 saturated carbocycles. The van der Waals surface area contributed by atoms with E-state index in [-0.39, 0.29) is 0 Å². The van der Waals surface area contributed by atoms with Crippen molar-refractivity contribution in [2.45, 2.75) is 77.4 Å². The van der Waals surface area contributed by atoms with Gasteiger partial charge in [-0.25, -0.2) is 0 Å². The predicted octanol–water partition coefficient (Wildman–Crippen LogP) is 4.16. The number of unbranched alkanes of at least 4 members (excludes halogenated alkanes) is 1. The molecule has 0 fully saturated rings. The molecule has 0 aromatic heterocycles. The van der Waals surface area contributed by atoms with E-state index in [1.165, 1.54) is 25.0 Å². The lowest BCUT2D eigenvalue weighted by molar-refractivity contribution is -0.210. The Labute approximate surface area is 118 Å². The summed E-state index contributed by atoms with van der Waals surface area (Å²) in [7, 11) is 0. The molecule has 0 aromatic carbocycles. The molecule has 1 aliphatic rings. The molecule has 0 bridgehead atoms. The first-order valence-electron chi connectivity index (χ1n) is 7.88. The number of hydrogen-bond donors (Lipinski definition) is 1. The van der Waals surface area contributed by atoms with Gasteiger partial charge in [-0.3, -0.25) is 0 Å². The largest absolute Gasteiger partial charge is 0.498 e. The Morgan fingerprint density at radius 1 is 1.21 bits per heavy atom. The Hall–Kier alpha value is -0.540. The van der Waals surface area contributed by atoms with Gasteiger partial charge in [0.2, 0.25) is 0 Å². The van der Waals surface area contributed by atoms with Gasteiger partial charge in [0.1, 0.15) is 0 Å². The maximum absolute atomic E-state index is 10.1. The van der Waals surface area contributed by atoms with Crippen molar-refractivity contribution < 1.29 is 14.6 Å². The van der Waals surface area contributed by atoms with Crippen molar-refractivity contribution in [3.8, 4) is 0 Å². The SMILES string of the molecule is CCCC(O)(CC)OCCCCOC1=CCCCC1. The first-order valence-corrected chi connectivity index (χ1v) is 7.88. The smallest absolute Gasteiger partial charge is 0.165 e. The summed E-state index contributed by atoms with van der Waals surface area (Å²) in [5.74, 6) is 0.254. The molecule has 0 radical (unpaired) electrons. The van der Waals surface area contributed by atoms with Crippen LogP contribution in [0.25, 0.3) is 0 Å². The summed E-state index contributed by atoms with van der Waals surface area (Å²) in [5, 5.41) is 10.1. The van der Waals surface area contributed by atoms with Crippen LogP contribution in [0.1, 0.15) is 71.6 Å². The molecule has 1 N–H and O–H groups in total. The second-order valence-electron chi connectivity index (χ2n) is 5.37. The van der Waals surface area contributed by atoms with E-state index in [0.29, 0.717) is 19.4 Å². The van der Waals surface area contributed by atoms with E-state index in [1.54, 1.807) is 0 Å². The van der Waals surface area contributed by atoms with E-state index in [2.05, 4.69) is 13.0 Å². The lowest BCUT2D eigenvalue weighted by Crippen LogP contribution is -2.31. The van der Waals surface area contributed by atoms with Crippen LogP contribution in [0.4, 0.5) is 0 Å². The Morgan fingerprint density at radius 2 is 2.00 bits per heavy atom. The van der Waals surface area contributed by atoms with Gasteiger partial charge in [-0.15, -0.1) is 0 Å². The molecule has 1 rings (SSSR count). The standard InChI is InChI=1S/C16H30O3/c1-3-12-16(17,4-2)19-14-9-8-13-18-15-10-6-5-7-11-15/h10,17H,3-9,11-14H2,1-2H3. The highest BCUT2D eigenvalue weighted by atomic mass is 16.6. The minimum atomic E-state index is -0.915. The number of rotatable bonds is 10. The quantitative estimate of drug-likeness (QED) is 0.478. The summed E-state index contributed by atoms with van der Waals surface area (Å²) in [6.07, 6.45) is 11.3. The average molecular weight is 270 g/mol. The summed E-state index contributed by atoms with van der Waals surface area (Å²) in [6.45, 7) is 5.42. The molecule has 19 heavy (non-hydrogen) atoms. The fourth-order valence-corrected chi connectivity index (χ4v) is 2.35. The minimum Gasteiger partial charge on any atom is -0.498 e. The van der Waals surface area contributed by atoms with Crippen LogP contribution in [0.3, 0.4) is 0 Å². The Kier molecular flexibility index (Phi) is 8.15. The van der Waals surface area contributed by atoms with Gasteiger partial charge in [-0.2, -0.15) is 0 Å². The molecule has 0 spiro atoms. The fraction of sp³-hybridized carbons (Fsp3) is 0.875. The molecule has 0 aliphatic heterocycles. The molecule has 1 aliphatic carbocycles. The second kappa shape index (κ2) is 9.38. The van der Waals surface area contributed by atoms with Gasteiger partial charge in [0.25, 0.3) is 0 Å². The predicted molar refractivity (Wildman–Crippen MR) is 77.8 cm³/mol. The lowest BCUT2D eigenvalue weighted by Gasteiger charge is -2.26. The van der Waals surface area contributed by atoms with E-state index < -0.39 is 5.79 Å². The van der Waals surface area contributed by atoms with Crippen molar-refractivity contribution in [1.82, 2.24) is 0 Å². The number of allylic oxidation sites excluding steroid dienone is 2. The number of hydrogen-bond acceptors (Lipinski definition) is 3. The van der Waals surface area contributed by atoms with Crippen LogP contribution in [0.15, 0.2) is 11.8 Å². The molecule has 112 valence electrons. The van der Waals surface area contributed by atoms with E-state index in [1.807, 2.05) is 6.92 Å². The Morgan fingerprint density at radius 3 is 2.63 bits per heavy atom. The summed E-state index contributed by atoms with van der Waals surface area (Å²) >= 11 is 0. The summed E-state index contributed by atoms with van der Waals surface area (Å²) in [6, 6.07) is 0. The van der Waals surface area contributed by atoms with E-state index in [0.717, 1.165) is 32.3 Å². The van der Waals surface area contributed by atoms with Gasteiger partial charge < -0.3 is 14.6 Å². The molecule has 1 unspecified atom stereocenters. The highest BCUT2D eigenvalue weighted by molar-refractivity contribution is 4.96. The zero-order valence-corrected chi connectivity index (χ0v) is 12.6. The molecular weight excluding hydrogens is 240 g/mol. The van der Waals surface area contributed by atoms with Crippen LogP contribution in [0.2, 0.25) is 0 Å². The van der Waals surface area contributed by atoms with Crippen LogP contribution in [0.5, 0.6) is 0 Å². The van der Waals surface area contributed by atoms with Crippen molar-refractivity contribution in [1.29, 1.82) is 0 Å². The molecule has 3 heteroatoms. The van der Waals surface area contributed by atoms with Crippen LogP contribution >= 0.6 is 0 Å². The first kappa shape index (κ1) is 16.5. The molecular formula is C16H30O3. The topological polar surface area (TPSA) is 38.7 Å². The highest BCUT2D eigenvalue weighted by Crippen LogP contribution is 2.20. The van der Waals surface area contributed by atoms with E-state index in [9.17, 15) is 5.11 Å². The van der Waals surface area contributed by atoms with Gasteiger partial charge in [0.15, 0.2) is 5.79 Å². The fourth-order valence-electron chi connectivity index (χ4n) is 2.35. The highest BCUT2D eigenvalue weighted by Gasteiger charge is 2.23. The third-order valence-electron chi connectivity index (χ3n) is 3.64. The number of aliphatic hydroxyl groups is 1. The van der Waals surface area contributed by atoms with Crippen LogP contribution < -0.4 is 0 Å². The van der Waals surface area contributed by atoms with E-state index >= 15 is 0 Å². The molecule has 0 aromatic rings. The molecule has 3 nitrogen and oxygen atoms in total. The van der Waals surface area contributed by atoms with Crippen LogP contribution in [0, 0.1) is 0 Å². The van der Waals surface area contributed by atoms with Gasteiger partial charge in [0.05, 0.1) is 19.0 Å². The molecule has 0 heterocycles. The van der Waals surface area contributed by atoms with Gasteiger partial charge >= 0.3 is 0 Å². The van der Waals surface area contributed by atoms with E-state index in [4.69, 9.17) is 9.47 Å². The van der Waals surface area contributed by atoms with Crippen LogP contribution in [-0.4, -0.2) is 24.1 Å². The summed E-state index contributed by atoms with van der Waals surface area (Å²) in [5.41, 5.74) is 0. The minimum absolute atomic E-state index is 0.618. The van der Waals surface area contributed by atoms with Crippen molar-refractivity contribution in [3.63, 3.8) is 0 Å². The third kappa shape index (κ3) is 6.98. The first-order chi connectivity index (χ1) is 9.20. The second-order valence-corrected chi connectivity index (χ2v) is 5.37. The average Bonchev–Trinajstić information content (AvgIpc) is 2.44.